The third-order valence-electron chi connectivity index (χ3n) is 2.15. The number of carbonyl (C=O) groups excluding carboxylic acids is 1. The Morgan fingerprint density at radius 2 is 2.35 bits per heavy atom. The summed E-state index contributed by atoms with van der Waals surface area (Å²) in [5.74, 6) is -0.221. The molecule has 1 rings (SSSR count). The average molecular weight is 236 g/mol. The number of hydrogen-bond donors (Lipinski definition) is 2. The summed E-state index contributed by atoms with van der Waals surface area (Å²) in [6, 6.07) is 5.12. The number of pyridine rings is 1. The Morgan fingerprint density at radius 1 is 1.59 bits per heavy atom. The number of rotatable bonds is 5. The van der Waals surface area contributed by atoms with Crippen molar-refractivity contribution in [1.82, 2.24) is 9.88 Å². The molecule has 0 aliphatic rings. The standard InChI is InChI=1S/C11H16N4O2/c1-2-7-15(8-10(12)14-17)11(16)9-5-3-4-6-13-9/h3-6,17H,2,7-8H2,1H3,(H2,12,14). The van der Waals surface area contributed by atoms with Crippen LogP contribution >= 0.6 is 0 Å². The van der Waals surface area contributed by atoms with Crippen molar-refractivity contribution >= 4 is 11.7 Å². The van der Waals surface area contributed by atoms with Crippen LogP contribution in [0.3, 0.4) is 0 Å². The topological polar surface area (TPSA) is 91.8 Å². The Labute approximate surface area is 99.7 Å². The molecule has 0 aliphatic heterocycles. The molecular formula is C11H16N4O2. The minimum Gasteiger partial charge on any atom is -0.409 e. The molecule has 0 radical (unpaired) electrons. The predicted molar refractivity (Wildman–Crippen MR) is 63.8 cm³/mol. The van der Waals surface area contributed by atoms with Gasteiger partial charge in [-0.2, -0.15) is 0 Å². The van der Waals surface area contributed by atoms with Crippen LogP contribution in [-0.2, 0) is 0 Å². The van der Waals surface area contributed by atoms with E-state index in [1.807, 2.05) is 6.92 Å². The van der Waals surface area contributed by atoms with Crippen LogP contribution in [0, 0.1) is 0 Å². The number of amidine groups is 1. The molecule has 1 amide bonds. The van der Waals surface area contributed by atoms with Gasteiger partial charge in [-0.1, -0.05) is 18.1 Å². The smallest absolute Gasteiger partial charge is 0.272 e. The van der Waals surface area contributed by atoms with Gasteiger partial charge in [-0.05, 0) is 18.6 Å². The predicted octanol–water partition coefficient (Wildman–Crippen LogP) is 0.680. The van der Waals surface area contributed by atoms with E-state index in [4.69, 9.17) is 10.9 Å². The molecule has 17 heavy (non-hydrogen) atoms. The van der Waals surface area contributed by atoms with Crippen molar-refractivity contribution < 1.29 is 10.0 Å². The summed E-state index contributed by atoms with van der Waals surface area (Å²) in [5.41, 5.74) is 5.76. The fourth-order valence-corrected chi connectivity index (χ4v) is 1.40. The molecule has 0 bridgehead atoms. The van der Waals surface area contributed by atoms with Crippen LogP contribution in [0.1, 0.15) is 23.8 Å². The van der Waals surface area contributed by atoms with E-state index in [9.17, 15) is 4.79 Å². The van der Waals surface area contributed by atoms with Crippen LogP contribution in [0.4, 0.5) is 0 Å². The second-order valence-electron chi connectivity index (χ2n) is 3.53. The van der Waals surface area contributed by atoms with Crippen molar-refractivity contribution in [3.63, 3.8) is 0 Å². The molecule has 6 heteroatoms. The van der Waals surface area contributed by atoms with E-state index in [0.29, 0.717) is 12.2 Å². The highest BCUT2D eigenvalue weighted by atomic mass is 16.4. The molecule has 3 N–H and O–H groups in total. The average Bonchev–Trinajstić information content (AvgIpc) is 2.38. The number of nitrogens with zero attached hydrogens (tertiary/aromatic N) is 3. The Hall–Kier alpha value is -2.11. The van der Waals surface area contributed by atoms with Gasteiger partial charge in [-0.15, -0.1) is 0 Å². The molecule has 1 aromatic rings. The van der Waals surface area contributed by atoms with Gasteiger partial charge in [0.15, 0.2) is 5.84 Å². The molecule has 0 aromatic carbocycles. The van der Waals surface area contributed by atoms with Gasteiger partial charge in [0, 0.05) is 12.7 Å². The highest BCUT2D eigenvalue weighted by Gasteiger charge is 2.16. The van der Waals surface area contributed by atoms with Crippen molar-refractivity contribution in [3.8, 4) is 0 Å². The maximum absolute atomic E-state index is 12.1. The quantitative estimate of drug-likeness (QED) is 0.340. The van der Waals surface area contributed by atoms with Crippen molar-refractivity contribution in [3.05, 3.63) is 30.1 Å². The van der Waals surface area contributed by atoms with E-state index in [2.05, 4.69) is 10.1 Å². The summed E-state index contributed by atoms with van der Waals surface area (Å²) in [6.45, 7) is 2.58. The van der Waals surface area contributed by atoms with Crippen molar-refractivity contribution in [1.29, 1.82) is 0 Å². The van der Waals surface area contributed by atoms with Crippen LogP contribution in [0.5, 0.6) is 0 Å². The van der Waals surface area contributed by atoms with Crippen molar-refractivity contribution in [2.75, 3.05) is 13.1 Å². The van der Waals surface area contributed by atoms with Gasteiger partial charge in [-0.3, -0.25) is 9.78 Å². The summed E-state index contributed by atoms with van der Waals surface area (Å²) in [5, 5.41) is 11.4. The first-order chi connectivity index (χ1) is 8.19. The van der Waals surface area contributed by atoms with E-state index in [1.165, 1.54) is 4.90 Å². The Balaban J connectivity index is 2.80. The van der Waals surface area contributed by atoms with Gasteiger partial charge in [0.2, 0.25) is 0 Å². The molecule has 1 aromatic heterocycles. The summed E-state index contributed by atoms with van der Waals surface area (Å²) >= 11 is 0. The number of amides is 1. The zero-order valence-corrected chi connectivity index (χ0v) is 9.71. The fourth-order valence-electron chi connectivity index (χ4n) is 1.40. The van der Waals surface area contributed by atoms with Gasteiger partial charge in [0.25, 0.3) is 5.91 Å². The first-order valence-corrected chi connectivity index (χ1v) is 5.35. The Kier molecular flexibility index (Phi) is 4.93. The summed E-state index contributed by atoms with van der Waals surface area (Å²) in [7, 11) is 0. The van der Waals surface area contributed by atoms with Gasteiger partial charge >= 0.3 is 0 Å². The van der Waals surface area contributed by atoms with Gasteiger partial charge in [0.05, 0.1) is 6.54 Å². The van der Waals surface area contributed by atoms with E-state index in [0.717, 1.165) is 6.42 Å². The fraction of sp³-hybridized carbons (Fsp3) is 0.364. The number of hydrogen-bond acceptors (Lipinski definition) is 4. The second kappa shape index (κ2) is 6.47. The number of carbonyl (C=O) groups is 1. The molecule has 0 saturated carbocycles. The van der Waals surface area contributed by atoms with Crippen LogP contribution in [-0.4, -0.2) is 39.9 Å². The SMILES string of the molecule is CCCN(CC(N)=NO)C(=O)c1ccccn1. The van der Waals surface area contributed by atoms with Crippen molar-refractivity contribution in [2.24, 2.45) is 10.9 Å². The molecule has 1 heterocycles. The molecular weight excluding hydrogens is 220 g/mol. The Morgan fingerprint density at radius 3 is 2.88 bits per heavy atom. The van der Waals surface area contributed by atoms with Crippen molar-refractivity contribution in [2.45, 2.75) is 13.3 Å². The van der Waals surface area contributed by atoms with Gasteiger partial charge < -0.3 is 15.8 Å². The first-order valence-electron chi connectivity index (χ1n) is 5.35. The van der Waals surface area contributed by atoms with Crippen LogP contribution < -0.4 is 5.73 Å². The molecule has 92 valence electrons. The third-order valence-corrected chi connectivity index (χ3v) is 2.15. The van der Waals surface area contributed by atoms with Crippen LogP contribution in [0.15, 0.2) is 29.6 Å². The zero-order chi connectivity index (χ0) is 12.7. The monoisotopic (exact) mass is 236 g/mol. The molecule has 0 aliphatic carbocycles. The largest absolute Gasteiger partial charge is 0.409 e. The molecule has 0 atom stereocenters. The highest BCUT2D eigenvalue weighted by molar-refractivity contribution is 5.95. The minimum absolute atomic E-state index is 0.00253. The van der Waals surface area contributed by atoms with Gasteiger partial charge in [-0.25, -0.2) is 0 Å². The lowest BCUT2D eigenvalue weighted by molar-refractivity contribution is 0.0772. The second-order valence-corrected chi connectivity index (χ2v) is 3.53. The zero-order valence-electron chi connectivity index (χ0n) is 9.71. The lowest BCUT2D eigenvalue weighted by Crippen LogP contribution is -2.39. The number of aromatic nitrogens is 1. The normalized spacial score (nSPS) is 11.2. The maximum Gasteiger partial charge on any atom is 0.272 e. The van der Waals surface area contributed by atoms with E-state index < -0.39 is 0 Å². The molecule has 0 spiro atoms. The first kappa shape index (κ1) is 13.0. The third kappa shape index (κ3) is 3.75. The molecule has 0 fully saturated rings. The summed E-state index contributed by atoms with van der Waals surface area (Å²) in [6.07, 6.45) is 2.35. The lowest BCUT2D eigenvalue weighted by Gasteiger charge is -2.20. The Bertz CT molecular complexity index is 392. The van der Waals surface area contributed by atoms with Crippen LogP contribution in [0.25, 0.3) is 0 Å². The molecule has 0 unspecified atom stereocenters. The van der Waals surface area contributed by atoms with E-state index >= 15 is 0 Å². The number of nitrogens with two attached hydrogens (primary N) is 1. The summed E-state index contributed by atoms with van der Waals surface area (Å²) in [4.78, 5) is 17.5. The summed E-state index contributed by atoms with van der Waals surface area (Å²) < 4.78 is 0. The minimum atomic E-state index is -0.223. The maximum atomic E-state index is 12.1. The van der Waals surface area contributed by atoms with E-state index in [-0.39, 0.29) is 18.3 Å². The number of oxime groups is 1. The van der Waals surface area contributed by atoms with Gasteiger partial charge in [0.1, 0.15) is 5.69 Å². The lowest BCUT2D eigenvalue weighted by atomic mass is 10.3. The van der Waals surface area contributed by atoms with Crippen LogP contribution in [0.2, 0.25) is 0 Å². The molecule has 6 nitrogen and oxygen atoms in total. The molecule has 0 saturated heterocycles. The van der Waals surface area contributed by atoms with E-state index in [1.54, 1.807) is 24.4 Å². The highest BCUT2D eigenvalue weighted by Crippen LogP contribution is 2.02.